The number of hydrogen-bond donors (Lipinski definition) is 3. The molecule has 158 valence electrons. The second kappa shape index (κ2) is 7.54. The first-order valence-corrected chi connectivity index (χ1v) is 11.4. The van der Waals surface area contributed by atoms with E-state index in [0.29, 0.717) is 11.3 Å². The molecule has 0 aliphatic carbocycles. The van der Waals surface area contributed by atoms with Gasteiger partial charge in [-0.2, -0.15) is 4.72 Å². The third-order valence-corrected chi connectivity index (χ3v) is 7.09. The van der Waals surface area contributed by atoms with Gasteiger partial charge in [-0.1, -0.05) is 11.6 Å². The molecule has 0 saturated carbocycles. The Hall–Kier alpha value is -2.25. The Morgan fingerprint density at radius 2 is 1.72 bits per heavy atom. The molecule has 29 heavy (non-hydrogen) atoms. The van der Waals surface area contributed by atoms with Crippen molar-refractivity contribution >= 4 is 37.3 Å². The molecule has 1 aliphatic rings. The minimum absolute atomic E-state index is 0.1000. The van der Waals surface area contributed by atoms with Gasteiger partial charge in [-0.05, 0) is 24.3 Å². The summed E-state index contributed by atoms with van der Waals surface area (Å²) in [5.74, 6) is 0.928. The lowest BCUT2D eigenvalue weighted by molar-refractivity contribution is 0.321. The summed E-state index contributed by atoms with van der Waals surface area (Å²) in [6.45, 7) is 0. The highest BCUT2D eigenvalue weighted by atomic mass is 35.5. The fourth-order valence-corrected chi connectivity index (χ4v) is 5.46. The van der Waals surface area contributed by atoms with Crippen LogP contribution in [0.2, 0.25) is 5.02 Å². The number of benzene rings is 2. The van der Waals surface area contributed by atoms with Gasteiger partial charge < -0.3 is 19.5 Å². The van der Waals surface area contributed by atoms with Gasteiger partial charge in [0.25, 0.3) is 0 Å². The highest BCUT2D eigenvalue weighted by molar-refractivity contribution is 7.90. The second-order valence-electron chi connectivity index (χ2n) is 5.95. The van der Waals surface area contributed by atoms with Crippen LogP contribution in [0.15, 0.2) is 34.1 Å². The van der Waals surface area contributed by atoms with Crippen LogP contribution in [-0.4, -0.2) is 38.2 Å². The molecule has 0 aromatic heterocycles. The molecule has 2 aromatic carbocycles. The van der Waals surface area contributed by atoms with Gasteiger partial charge in [0.1, 0.15) is 16.0 Å². The van der Waals surface area contributed by atoms with Crippen LogP contribution in [0.1, 0.15) is 11.7 Å². The van der Waals surface area contributed by atoms with Gasteiger partial charge in [0.05, 0.1) is 32.0 Å². The van der Waals surface area contributed by atoms with Crippen LogP contribution in [0, 0.1) is 0 Å². The maximum absolute atomic E-state index is 12.8. The van der Waals surface area contributed by atoms with Crippen LogP contribution < -0.4 is 29.4 Å². The van der Waals surface area contributed by atoms with Gasteiger partial charge in [0.2, 0.25) is 25.8 Å². The van der Waals surface area contributed by atoms with Crippen molar-refractivity contribution in [3.63, 3.8) is 0 Å². The molecule has 1 atom stereocenters. The highest BCUT2D eigenvalue weighted by Gasteiger charge is 2.34. The number of nitrogens with two attached hydrogens (primary N) is 1. The molecule has 1 aliphatic heterocycles. The van der Waals surface area contributed by atoms with E-state index >= 15 is 0 Å². The van der Waals surface area contributed by atoms with Crippen molar-refractivity contribution in [2.75, 3.05) is 26.6 Å². The topological polar surface area (TPSA) is 146 Å². The van der Waals surface area contributed by atoms with Gasteiger partial charge in [-0.3, -0.25) is 0 Å². The molecule has 13 heteroatoms. The number of anilines is 1. The molecular formula is C16H18ClN3O7S2. The van der Waals surface area contributed by atoms with Crippen LogP contribution >= 0.6 is 11.6 Å². The summed E-state index contributed by atoms with van der Waals surface area (Å²) >= 11 is 6.00. The molecular weight excluding hydrogens is 446 g/mol. The van der Waals surface area contributed by atoms with Crippen molar-refractivity contribution in [3.8, 4) is 17.2 Å². The van der Waals surface area contributed by atoms with E-state index in [1.165, 1.54) is 27.4 Å². The van der Waals surface area contributed by atoms with E-state index in [2.05, 4.69) is 10.0 Å². The smallest absolute Gasteiger partial charge is 0.244 e. The van der Waals surface area contributed by atoms with Gasteiger partial charge in [-0.25, -0.2) is 22.0 Å². The molecule has 0 saturated heterocycles. The Morgan fingerprint density at radius 3 is 2.28 bits per heavy atom. The molecule has 0 fully saturated rings. The molecule has 0 radical (unpaired) electrons. The van der Waals surface area contributed by atoms with E-state index in [1.54, 1.807) is 12.1 Å². The molecule has 0 bridgehead atoms. The molecule has 4 N–H and O–H groups in total. The maximum Gasteiger partial charge on any atom is 0.244 e. The average Bonchev–Trinajstić information content (AvgIpc) is 2.64. The lowest BCUT2D eigenvalue weighted by Gasteiger charge is -2.30. The number of hydrogen-bond acceptors (Lipinski definition) is 8. The minimum atomic E-state index is -4.21. The predicted octanol–water partition coefficient (Wildman–Crippen LogP) is 1.42. The number of halogens is 1. The molecule has 3 rings (SSSR count). The number of methoxy groups -OCH3 is 3. The Kier molecular flexibility index (Phi) is 5.58. The van der Waals surface area contributed by atoms with E-state index in [1.807, 2.05) is 0 Å². The summed E-state index contributed by atoms with van der Waals surface area (Å²) in [4.78, 5) is -0.797. The molecule has 0 amide bonds. The van der Waals surface area contributed by atoms with Crippen molar-refractivity contribution in [2.45, 2.75) is 16.0 Å². The van der Waals surface area contributed by atoms with Crippen LogP contribution in [0.25, 0.3) is 0 Å². The summed E-state index contributed by atoms with van der Waals surface area (Å²) < 4.78 is 67.3. The largest absolute Gasteiger partial charge is 0.493 e. The standard InChI is InChI=1S/C16H18ClN3O7S2/c1-25-11-5-4-8(14(26-2)15(11)27-3)16-19-10-6-9(17)12(28(18,21)22)7-13(10)29(23,24)20-16/h4-7,16,19-20H,1-3H3,(H2,18,21,22)/t16-/m1/s1. The predicted molar refractivity (Wildman–Crippen MR) is 106 cm³/mol. The number of rotatable bonds is 5. The third-order valence-electron chi connectivity index (χ3n) is 4.25. The first-order valence-electron chi connectivity index (χ1n) is 7.97. The van der Waals surface area contributed by atoms with E-state index in [0.717, 1.165) is 6.07 Å². The Labute approximate surface area is 173 Å². The summed E-state index contributed by atoms with van der Waals surface area (Å²) in [6.07, 6.45) is -0.960. The zero-order valence-electron chi connectivity index (χ0n) is 15.5. The molecule has 1 heterocycles. The normalized spacial score (nSPS) is 17.8. The lowest BCUT2D eigenvalue weighted by atomic mass is 10.1. The molecule has 10 nitrogen and oxygen atoms in total. The molecule has 0 spiro atoms. The third kappa shape index (κ3) is 3.81. The van der Waals surface area contributed by atoms with Crippen molar-refractivity contribution in [3.05, 3.63) is 34.9 Å². The SMILES string of the molecule is COc1ccc([C@@H]2Nc3cc(Cl)c(S(N)(=O)=O)cc3S(=O)(=O)N2)c(OC)c1OC. The first-order chi connectivity index (χ1) is 13.5. The van der Waals surface area contributed by atoms with E-state index < -0.39 is 31.1 Å². The van der Waals surface area contributed by atoms with Gasteiger partial charge in [0, 0.05) is 5.56 Å². The second-order valence-corrected chi connectivity index (χ2v) is 9.57. The van der Waals surface area contributed by atoms with Gasteiger partial charge >= 0.3 is 0 Å². The lowest BCUT2D eigenvalue weighted by Crippen LogP contribution is -2.38. The van der Waals surface area contributed by atoms with Gasteiger partial charge in [-0.15, -0.1) is 0 Å². The average molecular weight is 464 g/mol. The maximum atomic E-state index is 12.8. The van der Waals surface area contributed by atoms with Crippen LogP contribution in [0.5, 0.6) is 17.2 Å². The quantitative estimate of drug-likeness (QED) is 0.603. The number of primary sulfonamides is 1. The van der Waals surface area contributed by atoms with E-state index in [9.17, 15) is 16.8 Å². The van der Waals surface area contributed by atoms with Crippen LogP contribution in [0.3, 0.4) is 0 Å². The number of ether oxygens (including phenoxy) is 3. The van der Waals surface area contributed by atoms with Crippen LogP contribution in [-0.2, 0) is 20.0 Å². The summed E-state index contributed by atoms with van der Waals surface area (Å²) in [6, 6.07) is 5.30. The number of nitrogens with one attached hydrogen (secondary N) is 2. The minimum Gasteiger partial charge on any atom is -0.493 e. The van der Waals surface area contributed by atoms with E-state index in [4.69, 9.17) is 31.0 Å². The van der Waals surface area contributed by atoms with Crippen LogP contribution in [0.4, 0.5) is 5.69 Å². The van der Waals surface area contributed by atoms with Crippen molar-refractivity contribution in [1.82, 2.24) is 4.72 Å². The van der Waals surface area contributed by atoms with Crippen molar-refractivity contribution < 1.29 is 31.0 Å². The van der Waals surface area contributed by atoms with Crippen molar-refractivity contribution in [1.29, 1.82) is 0 Å². The summed E-state index contributed by atoms with van der Waals surface area (Å²) in [7, 11) is -4.05. The fraction of sp³-hybridized carbons (Fsp3) is 0.250. The van der Waals surface area contributed by atoms with E-state index in [-0.39, 0.29) is 27.1 Å². The zero-order chi connectivity index (χ0) is 21.6. The fourth-order valence-electron chi connectivity index (χ4n) is 2.98. The van der Waals surface area contributed by atoms with Crippen molar-refractivity contribution in [2.24, 2.45) is 5.14 Å². The monoisotopic (exact) mass is 463 g/mol. The Bertz CT molecular complexity index is 1180. The summed E-state index contributed by atoms with van der Waals surface area (Å²) in [5, 5.41) is 7.86. The highest BCUT2D eigenvalue weighted by Crippen LogP contribution is 2.44. The number of fused-ring (bicyclic) bond motifs is 1. The summed E-state index contributed by atoms with van der Waals surface area (Å²) in [5.41, 5.74) is 0.508. The number of sulfonamides is 2. The molecule has 0 unspecified atom stereocenters. The Morgan fingerprint density at radius 1 is 1.07 bits per heavy atom. The molecule has 2 aromatic rings. The van der Waals surface area contributed by atoms with Gasteiger partial charge in [0.15, 0.2) is 11.5 Å². The first kappa shape index (κ1) is 21.5. The Balaban J connectivity index is 2.16. The zero-order valence-corrected chi connectivity index (χ0v) is 17.9.